The van der Waals surface area contributed by atoms with E-state index in [1.807, 2.05) is 19.1 Å². The molecule has 0 saturated carbocycles. The molecule has 3 rings (SSSR count). The van der Waals surface area contributed by atoms with E-state index in [1.165, 1.54) is 7.11 Å². The Balaban J connectivity index is 2.02. The minimum absolute atomic E-state index is 0.0200. The number of carbonyl (C=O) groups excluding carboxylic acids is 1. The molecule has 1 aliphatic heterocycles. The number of rotatable bonds is 4. The molecule has 0 aliphatic carbocycles. The standard InChI is InChI=1S/C18H18O5/c1-10-13-6-11(9-19)7-16(22-3)18(13)23-17(10)12-4-5-15(21-2)14(20)8-12/h4-10,17,20H,1-3H3/t10-,17-/m0/s1. The number of methoxy groups -OCH3 is 2. The van der Waals surface area contributed by atoms with E-state index >= 15 is 0 Å². The Bertz CT molecular complexity index is 753. The van der Waals surface area contributed by atoms with E-state index in [9.17, 15) is 9.90 Å². The molecule has 1 heterocycles. The molecule has 5 nitrogen and oxygen atoms in total. The molecule has 0 fully saturated rings. The maximum atomic E-state index is 11.1. The van der Waals surface area contributed by atoms with Crippen molar-refractivity contribution >= 4 is 6.29 Å². The summed E-state index contributed by atoms with van der Waals surface area (Å²) < 4.78 is 16.5. The Morgan fingerprint density at radius 2 is 1.87 bits per heavy atom. The molecule has 1 aliphatic rings. The lowest BCUT2D eigenvalue weighted by Gasteiger charge is -2.17. The fraction of sp³-hybridized carbons (Fsp3) is 0.278. The van der Waals surface area contributed by atoms with Gasteiger partial charge in [-0.3, -0.25) is 4.79 Å². The summed E-state index contributed by atoms with van der Waals surface area (Å²) in [5, 5.41) is 9.99. The first kappa shape index (κ1) is 15.2. The molecule has 23 heavy (non-hydrogen) atoms. The lowest BCUT2D eigenvalue weighted by atomic mass is 9.91. The van der Waals surface area contributed by atoms with Crippen LogP contribution in [0.25, 0.3) is 0 Å². The van der Waals surface area contributed by atoms with Gasteiger partial charge in [0.05, 0.1) is 14.2 Å². The minimum Gasteiger partial charge on any atom is -0.504 e. The maximum Gasteiger partial charge on any atom is 0.165 e. The van der Waals surface area contributed by atoms with Crippen LogP contribution in [0.3, 0.4) is 0 Å². The molecule has 0 aromatic heterocycles. The predicted octanol–water partition coefficient (Wildman–Crippen LogP) is 3.46. The summed E-state index contributed by atoms with van der Waals surface area (Å²) >= 11 is 0. The van der Waals surface area contributed by atoms with Crippen LogP contribution in [0.5, 0.6) is 23.0 Å². The third-order valence-corrected chi connectivity index (χ3v) is 4.18. The number of phenols is 1. The van der Waals surface area contributed by atoms with Gasteiger partial charge in [0.1, 0.15) is 12.4 Å². The average Bonchev–Trinajstić information content (AvgIpc) is 2.91. The zero-order valence-corrected chi connectivity index (χ0v) is 13.2. The van der Waals surface area contributed by atoms with Crippen LogP contribution in [0.1, 0.15) is 40.4 Å². The van der Waals surface area contributed by atoms with E-state index in [4.69, 9.17) is 14.2 Å². The number of benzene rings is 2. The molecule has 1 N–H and O–H groups in total. The number of carbonyl (C=O) groups is 1. The van der Waals surface area contributed by atoms with Gasteiger partial charge in [0, 0.05) is 17.0 Å². The molecule has 0 saturated heterocycles. The van der Waals surface area contributed by atoms with E-state index < -0.39 is 0 Å². The first-order chi connectivity index (χ1) is 11.1. The topological polar surface area (TPSA) is 65.0 Å². The Labute approximate surface area is 134 Å². The van der Waals surface area contributed by atoms with Crippen LogP contribution in [0, 0.1) is 0 Å². The number of aldehydes is 1. The molecule has 2 atom stereocenters. The van der Waals surface area contributed by atoms with Gasteiger partial charge in [0.2, 0.25) is 0 Å². The lowest BCUT2D eigenvalue weighted by molar-refractivity contribution is 0.112. The van der Waals surface area contributed by atoms with Gasteiger partial charge >= 0.3 is 0 Å². The Morgan fingerprint density at radius 3 is 2.48 bits per heavy atom. The summed E-state index contributed by atoms with van der Waals surface area (Å²) in [6.07, 6.45) is 0.528. The smallest absolute Gasteiger partial charge is 0.165 e. The van der Waals surface area contributed by atoms with Gasteiger partial charge < -0.3 is 19.3 Å². The molecule has 5 heteroatoms. The molecule has 2 aromatic rings. The third kappa shape index (κ3) is 2.48. The predicted molar refractivity (Wildman–Crippen MR) is 84.8 cm³/mol. The van der Waals surface area contributed by atoms with E-state index in [-0.39, 0.29) is 17.8 Å². The highest BCUT2D eigenvalue weighted by Gasteiger charge is 2.35. The van der Waals surface area contributed by atoms with Crippen molar-refractivity contribution in [3.05, 3.63) is 47.0 Å². The van der Waals surface area contributed by atoms with Crippen molar-refractivity contribution in [2.75, 3.05) is 14.2 Å². The number of hydrogen-bond acceptors (Lipinski definition) is 5. The lowest BCUT2D eigenvalue weighted by Crippen LogP contribution is -2.07. The van der Waals surface area contributed by atoms with E-state index in [0.29, 0.717) is 22.8 Å². The van der Waals surface area contributed by atoms with Gasteiger partial charge in [-0.05, 0) is 29.8 Å². The highest BCUT2D eigenvalue weighted by Crippen LogP contribution is 2.51. The molecular formula is C18H18O5. The summed E-state index contributed by atoms with van der Waals surface area (Å²) in [5.74, 6) is 1.68. The van der Waals surface area contributed by atoms with Gasteiger partial charge in [-0.2, -0.15) is 0 Å². The molecule has 120 valence electrons. The number of fused-ring (bicyclic) bond motifs is 1. The second-order valence-corrected chi connectivity index (χ2v) is 5.52. The second kappa shape index (κ2) is 5.83. The molecule has 0 radical (unpaired) electrons. The summed E-state index contributed by atoms with van der Waals surface area (Å²) in [4.78, 5) is 11.1. The van der Waals surface area contributed by atoms with E-state index in [0.717, 1.165) is 17.4 Å². The SMILES string of the molecule is COc1ccc([C@H]2Oc3c(OC)cc(C=O)cc3[C@@H]2C)cc1O. The number of ether oxygens (including phenoxy) is 3. The maximum absolute atomic E-state index is 11.1. The molecule has 2 aromatic carbocycles. The highest BCUT2D eigenvalue weighted by molar-refractivity contribution is 5.78. The van der Waals surface area contributed by atoms with E-state index in [2.05, 4.69) is 0 Å². The van der Waals surface area contributed by atoms with Gasteiger partial charge in [-0.25, -0.2) is 0 Å². The van der Waals surface area contributed by atoms with Crippen molar-refractivity contribution in [2.45, 2.75) is 18.9 Å². The van der Waals surface area contributed by atoms with Crippen molar-refractivity contribution in [2.24, 2.45) is 0 Å². The number of phenolic OH excluding ortho intramolecular Hbond substituents is 1. The van der Waals surface area contributed by atoms with Crippen molar-refractivity contribution in [1.29, 1.82) is 0 Å². The Morgan fingerprint density at radius 1 is 1.13 bits per heavy atom. The van der Waals surface area contributed by atoms with Crippen LogP contribution in [-0.2, 0) is 0 Å². The van der Waals surface area contributed by atoms with Gasteiger partial charge in [-0.15, -0.1) is 0 Å². The van der Waals surface area contributed by atoms with Crippen LogP contribution in [-0.4, -0.2) is 25.6 Å². The first-order valence-corrected chi connectivity index (χ1v) is 7.29. The average molecular weight is 314 g/mol. The quantitative estimate of drug-likeness (QED) is 0.876. The summed E-state index contributed by atoms with van der Waals surface area (Å²) in [7, 11) is 3.05. The summed E-state index contributed by atoms with van der Waals surface area (Å²) in [6.45, 7) is 2.02. The molecule has 0 spiro atoms. The minimum atomic E-state index is -0.266. The van der Waals surface area contributed by atoms with E-state index in [1.54, 1.807) is 25.3 Å². The fourth-order valence-corrected chi connectivity index (χ4v) is 2.96. The summed E-state index contributed by atoms with van der Waals surface area (Å²) in [5.41, 5.74) is 2.31. The van der Waals surface area contributed by atoms with Crippen LogP contribution >= 0.6 is 0 Å². The largest absolute Gasteiger partial charge is 0.504 e. The summed E-state index contributed by atoms with van der Waals surface area (Å²) in [6, 6.07) is 8.68. The molecule has 0 amide bonds. The van der Waals surface area contributed by atoms with Crippen LogP contribution in [0.15, 0.2) is 30.3 Å². The zero-order chi connectivity index (χ0) is 16.6. The highest BCUT2D eigenvalue weighted by atomic mass is 16.5. The monoisotopic (exact) mass is 314 g/mol. The second-order valence-electron chi connectivity index (χ2n) is 5.52. The van der Waals surface area contributed by atoms with Crippen molar-refractivity contribution in [1.82, 2.24) is 0 Å². The number of aromatic hydroxyl groups is 1. The Kier molecular flexibility index (Phi) is 3.86. The number of hydrogen-bond donors (Lipinski definition) is 1. The fourth-order valence-electron chi connectivity index (χ4n) is 2.96. The van der Waals surface area contributed by atoms with Gasteiger partial charge in [0.15, 0.2) is 23.0 Å². The normalized spacial score (nSPS) is 18.9. The first-order valence-electron chi connectivity index (χ1n) is 7.29. The van der Waals surface area contributed by atoms with Gasteiger partial charge in [-0.1, -0.05) is 13.0 Å². The van der Waals surface area contributed by atoms with Crippen molar-refractivity contribution in [3.8, 4) is 23.0 Å². The van der Waals surface area contributed by atoms with Crippen LogP contribution < -0.4 is 14.2 Å². The van der Waals surface area contributed by atoms with Crippen LogP contribution in [0.4, 0.5) is 0 Å². The van der Waals surface area contributed by atoms with Crippen molar-refractivity contribution in [3.63, 3.8) is 0 Å². The van der Waals surface area contributed by atoms with Crippen LogP contribution in [0.2, 0.25) is 0 Å². The molecule has 0 unspecified atom stereocenters. The van der Waals surface area contributed by atoms with Crippen molar-refractivity contribution < 1.29 is 24.1 Å². The zero-order valence-electron chi connectivity index (χ0n) is 13.2. The molecule has 0 bridgehead atoms. The third-order valence-electron chi connectivity index (χ3n) is 4.18. The van der Waals surface area contributed by atoms with Gasteiger partial charge in [0.25, 0.3) is 0 Å². The molecular weight excluding hydrogens is 296 g/mol. The Hall–Kier alpha value is -2.69.